The van der Waals surface area contributed by atoms with Crippen molar-refractivity contribution in [2.45, 2.75) is 135 Å². The Morgan fingerprint density at radius 2 is 1.32 bits per heavy atom. The molecular formula is C45H71N8O11S2-. The normalized spacial score (nSPS) is 18.5. The first-order valence-electron chi connectivity index (χ1n) is 22.3. The lowest BCUT2D eigenvalue weighted by atomic mass is 9.99. The van der Waals surface area contributed by atoms with Crippen molar-refractivity contribution in [3.63, 3.8) is 0 Å². The van der Waals surface area contributed by atoms with E-state index in [-0.39, 0.29) is 49.8 Å². The number of carbonyl (C=O) groups excluding carboxylic acids is 8. The predicted molar refractivity (Wildman–Crippen MR) is 255 cm³/mol. The molecule has 2 rings (SSSR count). The van der Waals surface area contributed by atoms with Crippen LogP contribution in [0.25, 0.3) is 0 Å². The monoisotopic (exact) mass is 963 g/mol. The number of nitrogens with two attached hydrogens (primary N) is 1. The third-order valence-corrected chi connectivity index (χ3v) is 12.0. The van der Waals surface area contributed by atoms with Crippen LogP contribution in [0.5, 0.6) is 0 Å². The molecule has 2 aliphatic rings. The van der Waals surface area contributed by atoms with Crippen molar-refractivity contribution in [3.8, 4) is 0 Å². The molecule has 1 fully saturated rings. The molecule has 1 heterocycles. The lowest BCUT2D eigenvalue weighted by molar-refractivity contribution is -0.144. The minimum Gasteiger partial charge on any atom is -0.551 e. The predicted octanol–water partition coefficient (Wildman–Crippen LogP) is 1.28. The molecule has 0 aromatic carbocycles. The van der Waals surface area contributed by atoms with Gasteiger partial charge in [0.25, 0.3) is 0 Å². The number of allylic oxidation sites excluding steroid dienone is 4. The molecule has 0 bridgehead atoms. The number of aliphatic hydroxyl groups is 1. The van der Waals surface area contributed by atoms with Crippen molar-refractivity contribution >= 4 is 77.1 Å². The van der Waals surface area contributed by atoms with Gasteiger partial charge in [0.1, 0.15) is 42.5 Å². The summed E-state index contributed by atoms with van der Waals surface area (Å²) in [5, 5.41) is 35.2. The van der Waals surface area contributed by atoms with Crippen LogP contribution in [0.4, 0.5) is 0 Å². The van der Waals surface area contributed by atoms with Crippen LogP contribution >= 0.6 is 23.5 Å². The molecule has 0 radical (unpaired) electrons. The molecule has 0 unspecified atom stereocenters. The number of hydrogen-bond donors (Lipinski definition) is 9. The number of likely N-dealkylation sites (tertiary alicyclic amines) is 1. The van der Waals surface area contributed by atoms with Gasteiger partial charge in [-0.15, -0.1) is 30.7 Å². The third kappa shape index (κ3) is 19.4. The third-order valence-electron chi connectivity index (χ3n) is 10.7. The van der Waals surface area contributed by atoms with E-state index < -0.39 is 108 Å². The van der Waals surface area contributed by atoms with Gasteiger partial charge < -0.3 is 57.5 Å². The Bertz CT molecular complexity index is 1810. The van der Waals surface area contributed by atoms with Crippen LogP contribution in [0, 0.1) is 24.2 Å². The second kappa shape index (κ2) is 28.9. The number of aldehydes is 1. The van der Waals surface area contributed by atoms with E-state index in [0.717, 1.165) is 0 Å². The summed E-state index contributed by atoms with van der Waals surface area (Å²) >= 11 is 2.82. The topological polar surface area (TPSA) is 296 Å². The summed E-state index contributed by atoms with van der Waals surface area (Å²) in [4.78, 5) is 121. The number of nitrogens with one attached hydrogen (secondary N) is 6. The lowest BCUT2D eigenvalue weighted by Crippen LogP contribution is -2.61. The van der Waals surface area contributed by atoms with Crippen molar-refractivity contribution in [1.82, 2.24) is 36.8 Å². The van der Waals surface area contributed by atoms with Gasteiger partial charge in [-0.3, -0.25) is 38.4 Å². The van der Waals surface area contributed by atoms with Crippen LogP contribution in [0.15, 0.2) is 35.6 Å². The Morgan fingerprint density at radius 3 is 1.82 bits per heavy atom. The van der Waals surface area contributed by atoms with Crippen LogP contribution in [-0.4, -0.2) is 148 Å². The maximum atomic E-state index is 14.3. The molecular weight excluding hydrogens is 893 g/mol. The van der Waals surface area contributed by atoms with Crippen molar-refractivity contribution in [3.05, 3.63) is 42.1 Å². The van der Waals surface area contributed by atoms with E-state index in [1.54, 1.807) is 20.1 Å². The highest BCUT2D eigenvalue weighted by Crippen LogP contribution is 2.22. The summed E-state index contributed by atoms with van der Waals surface area (Å²) in [5.74, 6) is -5.75. The highest BCUT2D eigenvalue weighted by atomic mass is 32.2. The molecule has 0 aromatic rings. The number of carboxylic acids is 1. The Morgan fingerprint density at radius 1 is 0.773 bits per heavy atom. The summed E-state index contributed by atoms with van der Waals surface area (Å²) in [6.07, 6.45) is 12.1. The Labute approximate surface area is 396 Å². The maximum Gasteiger partial charge on any atom is 0.305 e. The Kier molecular flexibility index (Phi) is 25.0. The molecule has 10 N–H and O–H groups in total. The molecule has 370 valence electrons. The fourth-order valence-electron chi connectivity index (χ4n) is 7.22. The number of thioether (sulfide) groups is 2. The van der Waals surface area contributed by atoms with Crippen molar-refractivity contribution in [2.75, 3.05) is 30.6 Å². The molecule has 0 aromatic heterocycles. The quantitative estimate of drug-likeness (QED) is 0.0395. The van der Waals surface area contributed by atoms with Gasteiger partial charge in [0.2, 0.25) is 41.4 Å². The number of amides is 7. The average Bonchev–Trinajstić information content (AvgIpc) is 3.75. The zero-order valence-electron chi connectivity index (χ0n) is 39.3. The second-order valence-corrected chi connectivity index (χ2v) is 19.6. The van der Waals surface area contributed by atoms with Gasteiger partial charge in [0.15, 0.2) is 0 Å². The second-order valence-electron chi connectivity index (χ2n) is 17.6. The number of rotatable bonds is 28. The van der Waals surface area contributed by atoms with Crippen LogP contribution in [0.2, 0.25) is 0 Å². The van der Waals surface area contributed by atoms with E-state index in [9.17, 15) is 53.4 Å². The molecule has 1 aliphatic carbocycles. The van der Waals surface area contributed by atoms with E-state index in [1.807, 2.05) is 34.0 Å². The number of nitrogens with zero attached hydrogens (tertiary/aromatic N) is 1. The fourth-order valence-corrected chi connectivity index (χ4v) is 8.17. The molecule has 21 heteroatoms. The van der Waals surface area contributed by atoms with E-state index in [1.165, 1.54) is 59.1 Å². The van der Waals surface area contributed by atoms with Crippen LogP contribution in [-0.2, 0) is 43.2 Å². The van der Waals surface area contributed by atoms with Gasteiger partial charge in [0.05, 0.1) is 18.5 Å². The SMILES string of the molecule is CSCC[C@H](NC(=O)[C@H](CC(=O)O)NC(=O)[C@@H]1CCCN1C(=O)[C@@H](NC(=O)[C@H](CCSC)NC(=O)[C@H](CC(C)C)NC(=O)[C@@H](N)CC(C)C)C(C)C)C(=O)N[C@H](C=O)/C=C1\C=CC(O)=C[CH-]1. The van der Waals surface area contributed by atoms with Gasteiger partial charge in [-0.25, -0.2) is 0 Å². The number of carbonyl (C=O) groups is 9. The average molecular weight is 964 g/mol. The van der Waals surface area contributed by atoms with E-state index >= 15 is 0 Å². The highest BCUT2D eigenvalue weighted by molar-refractivity contribution is 7.98. The van der Waals surface area contributed by atoms with Gasteiger partial charge in [-0.2, -0.15) is 29.1 Å². The zero-order valence-corrected chi connectivity index (χ0v) is 40.9. The molecule has 19 nitrogen and oxygen atoms in total. The van der Waals surface area contributed by atoms with Crippen LogP contribution in [0.3, 0.4) is 0 Å². The summed E-state index contributed by atoms with van der Waals surface area (Å²) < 4.78 is 0. The minimum absolute atomic E-state index is 0.00167. The van der Waals surface area contributed by atoms with Crippen molar-refractivity contribution in [2.24, 2.45) is 23.5 Å². The van der Waals surface area contributed by atoms with Gasteiger partial charge in [-0.1, -0.05) is 41.5 Å². The molecule has 0 saturated carbocycles. The number of aliphatic hydroxyl groups excluding tert-OH is 1. The first-order chi connectivity index (χ1) is 31.1. The largest absolute Gasteiger partial charge is 0.551 e. The molecule has 0 spiro atoms. The minimum atomic E-state index is -1.67. The van der Waals surface area contributed by atoms with E-state index in [2.05, 4.69) is 31.9 Å². The lowest BCUT2D eigenvalue weighted by Gasteiger charge is -2.32. The summed E-state index contributed by atoms with van der Waals surface area (Å²) in [7, 11) is 0. The summed E-state index contributed by atoms with van der Waals surface area (Å²) in [6.45, 7) is 11.2. The van der Waals surface area contributed by atoms with E-state index in [4.69, 9.17) is 5.73 Å². The molecule has 1 aliphatic heterocycles. The highest BCUT2D eigenvalue weighted by Gasteiger charge is 2.41. The van der Waals surface area contributed by atoms with Gasteiger partial charge in [-0.05, 0) is 80.3 Å². The van der Waals surface area contributed by atoms with E-state index in [0.29, 0.717) is 36.2 Å². The molecule has 8 atom stereocenters. The Hall–Kier alpha value is -5.02. The first-order valence-corrected chi connectivity index (χ1v) is 25.1. The fraction of sp³-hybridized carbons (Fsp3) is 0.644. The zero-order chi connectivity index (χ0) is 49.7. The van der Waals surface area contributed by atoms with Crippen LogP contribution in [0.1, 0.15) is 86.5 Å². The number of carboxylic acid groups (broad SMARTS) is 1. The summed E-state index contributed by atoms with van der Waals surface area (Å²) in [5.41, 5.74) is 6.62. The number of hydrogen-bond acceptors (Lipinski definition) is 13. The van der Waals surface area contributed by atoms with Crippen molar-refractivity contribution in [1.29, 1.82) is 0 Å². The molecule has 66 heavy (non-hydrogen) atoms. The number of aliphatic carboxylic acids is 1. The van der Waals surface area contributed by atoms with Crippen LogP contribution < -0.4 is 37.6 Å². The molecule has 7 amide bonds. The smallest absolute Gasteiger partial charge is 0.305 e. The van der Waals surface area contributed by atoms with Gasteiger partial charge in [0, 0.05) is 12.3 Å². The molecule has 1 saturated heterocycles. The van der Waals surface area contributed by atoms with Gasteiger partial charge >= 0.3 is 5.97 Å². The standard InChI is InChI=1S/C45H71N8O11S2/c1-25(2)20-31(46)39(58)50-34(21-26(3)4)42(61)49-33(16-19-66-8)41(60)52-38(27(5)6)45(64)53-17-9-10-36(53)44(63)51-35(23-37(56)57)43(62)48-32(15-18-65-7)40(59)47-29(24-54)22-28-11-13-30(55)14-12-28/h11-14,22,24-27,29,31-36,38,55H,9-10,15-21,23,46H2,1-8H3,(H,47,59)(H,48,62)(H,49,61)(H,50,58)(H,51,63)(H,52,60)(H,56,57)/q-1/t29-,31-,32-,33-,34-,35-,36-,38-/m0/s1. The first kappa shape index (κ1) is 57.1. The Balaban J connectivity index is 2.27. The maximum absolute atomic E-state index is 14.3. The van der Waals surface area contributed by atoms with Crippen molar-refractivity contribution < 1.29 is 53.4 Å². The summed E-state index contributed by atoms with van der Waals surface area (Å²) in [6, 6.07) is -9.21.